The molecule has 0 bridgehead atoms. The van der Waals surface area contributed by atoms with Gasteiger partial charge in [0.25, 0.3) is 0 Å². The lowest BCUT2D eigenvalue weighted by atomic mass is 10.0. The van der Waals surface area contributed by atoms with Crippen LogP contribution in [0, 0.1) is 0 Å². The standard InChI is InChI=1S/C14H21N5O/c1-4-15-13-17-12(10-6-5-7-11(20)8-10)18-14(19-13)16-9(2)3/h9,20H,4-7H2,1-3H3,(H2,15,16,17,18,19). The molecule has 0 radical (unpaired) electrons. The Bertz CT molecular complexity index is 546. The highest BCUT2D eigenvalue weighted by Crippen LogP contribution is 2.24. The Labute approximate surface area is 119 Å². The molecule has 0 saturated heterocycles. The molecule has 6 heteroatoms. The number of aromatic nitrogens is 3. The molecular weight excluding hydrogens is 254 g/mol. The number of nitrogens with zero attached hydrogens (tertiary/aromatic N) is 3. The van der Waals surface area contributed by atoms with Crippen LogP contribution >= 0.6 is 0 Å². The van der Waals surface area contributed by atoms with Gasteiger partial charge >= 0.3 is 0 Å². The van der Waals surface area contributed by atoms with E-state index in [1.54, 1.807) is 0 Å². The monoisotopic (exact) mass is 275 g/mol. The molecule has 20 heavy (non-hydrogen) atoms. The van der Waals surface area contributed by atoms with Crippen molar-refractivity contribution in [1.29, 1.82) is 0 Å². The minimum Gasteiger partial charge on any atom is -0.505 e. The average Bonchev–Trinajstić information content (AvgIpc) is 2.38. The third-order valence-electron chi connectivity index (χ3n) is 2.79. The van der Waals surface area contributed by atoms with Crippen molar-refractivity contribution in [1.82, 2.24) is 15.0 Å². The van der Waals surface area contributed by atoms with E-state index in [2.05, 4.69) is 31.3 Å². The van der Waals surface area contributed by atoms with Crippen LogP contribution in [0.4, 0.5) is 11.9 Å². The molecular formula is C14H21N5O. The fraction of sp³-hybridized carbons (Fsp3) is 0.571. The lowest BCUT2D eigenvalue weighted by molar-refractivity contribution is 0.383. The van der Waals surface area contributed by atoms with E-state index < -0.39 is 0 Å². The van der Waals surface area contributed by atoms with Gasteiger partial charge in [-0.15, -0.1) is 0 Å². The van der Waals surface area contributed by atoms with Gasteiger partial charge in [-0.25, -0.2) is 0 Å². The van der Waals surface area contributed by atoms with E-state index in [-0.39, 0.29) is 11.8 Å². The summed E-state index contributed by atoms with van der Waals surface area (Å²) in [6.45, 7) is 6.79. The van der Waals surface area contributed by atoms with Crippen molar-refractivity contribution in [2.75, 3.05) is 17.2 Å². The molecule has 0 fully saturated rings. The number of allylic oxidation sites excluding steroid dienone is 1. The molecule has 1 aliphatic carbocycles. The van der Waals surface area contributed by atoms with Crippen molar-refractivity contribution in [2.24, 2.45) is 0 Å². The quantitative estimate of drug-likeness (QED) is 0.717. The molecule has 0 atom stereocenters. The van der Waals surface area contributed by atoms with Gasteiger partial charge in [0.05, 0.1) is 0 Å². The molecule has 1 aromatic heterocycles. The van der Waals surface area contributed by atoms with Crippen molar-refractivity contribution < 1.29 is 5.11 Å². The van der Waals surface area contributed by atoms with Gasteiger partial charge in [-0.2, -0.15) is 15.0 Å². The maximum Gasteiger partial charge on any atom is 0.228 e. The van der Waals surface area contributed by atoms with Crippen LogP contribution in [0.1, 0.15) is 45.9 Å². The molecule has 0 saturated carbocycles. The zero-order chi connectivity index (χ0) is 14.5. The lowest BCUT2D eigenvalue weighted by Crippen LogP contribution is -2.16. The highest BCUT2D eigenvalue weighted by Gasteiger charge is 2.14. The van der Waals surface area contributed by atoms with Gasteiger partial charge in [-0.05, 0) is 33.6 Å². The fourth-order valence-electron chi connectivity index (χ4n) is 1.97. The lowest BCUT2D eigenvalue weighted by Gasteiger charge is -2.13. The molecule has 0 aromatic carbocycles. The molecule has 0 aliphatic heterocycles. The van der Waals surface area contributed by atoms with Gasteiger partial charge < -0.3 is 15.7 Å². The van der Waals surface area contributed by atoms with Crippen LogP contribution in [0.5, 0.6) is 0 Å². The summed E-state index contributed by atoms with van der Waals surface area (Å²) in [6.07, 6.45) is 2.38. The highest BCUT2D eigenvalue weighted by atomic mass is 16.3. The van der Waals surface area contributed by atoms with Crippen molar-refractivity contribution in [3.8, 4) is 0 Å². The molecule has 6 nitrogen and oxygen atoms in total. The molecule has 0 unspecified atom stereocenters. The molecule has 2 rings (SSSR count). The van der Waals surface area contributed by atoms with Gasteiger partial charge in [-0.1, -0.05) is 5.73 Å². The Morgan fingerprint density at radius 2 is 1.95 bits per heavy atom. The molecule has 1 aromatic rings. The zero-order valence-electron chi connectivity index (χ0n) is 12.2. The second-order valence-corrected chi connectivity index (χ2v) is 5.04. The first-order valence-electron chi connectivity index (χ1n) is 7.03. The van der Waals surface area contributed by atoms with E-state index >= 15 is 0 Å². The van der Waals surface area contributed by atoms with Gasteiger partial charge in [0.1, 0.15) is 5.76 Å². The van der Waals surface area contributed by atoms with Gasteiger partial charge in [0.15, 0.2) is 5.82 Å². The van der Waals surface area contributed by atoms with Gasteiger partial charge in [0, 0.05) is 24.6 Å². The Balaban J connectivity index is 2.41. The number of anilines is 2. The number of hydrogen-bond acceptors (Lipinski definition) is 6. The SMILES string of the molecule is CCNc1nc(NC(C)C)nc(C2=C=C(O)CCC2)n1. The summed E-state index contributed by atoms with van der Waals surface area (Å²) in [5.74, 6) is 1.93. The third kappa shape index (κ3) is 3.71. The van der Waals surface area contributed by atoms with E-state index in [0.29, 0.717) is 24.1 Å². The number of rotatable bonds is 5. The fourth-order valence-corrected chi connectivity index (χ4v) is 1.97. The smallest absolute Gasteiger partial charge is 0.228 e. The van der Waals surface area contributed by atoms with Crippen LogP contribution < -0.4 is 10.6 Å². The predicted molar refractivity (Wildman–Crippen MR) is 79.7 cm³/mol. The molecule has 3 N–H and O–H groups in total. The Hall–Kier alpha value is -2.07. The maximum atomic E-state index is 9.61. The maximum absolute atomic E-state index is 9.61. The molecule has 108 valence electrons. The van der Waals surface area contributed by atoms with E-state index in [1.165, 1.54) is 0 Å². The van der Waals surface area contributed by atoms with E-state index in [1.807, 2.05) is 20.8 Å². The number of aliphatic hydroxyl groups excluding tert-OH is 1. The van der Waals surface area contributed by atoms with Crippen molar-refractivity contribution in [2.45, 2.75) is 46.1 Å². The summed E-state index contributed by atoms with van der Waals surface area (Å²) in [5, 5.41) is 15.9. The summed E-state index contributed by atoms with van der Waals surface area (Å²) in [4.78, 5) is 13.1. The molecule has 0 amide bonds. The Kier molecular flexibility index (Phi) is 4.58. The van der Waals surface area contributed by atoms with Gasteiger partial charge in [-0.3, -0.25) is 0 Å². The summed E-state index contributed by atoms with van der Waals surface area (Å²) >= 11 is 0. The van der Waals surface area contributed by atoms with E-state index in [9.17, 15) is 5.11 Å². The van der Waals surface area contributed by atoms with E-state index in [0.717, 1.165) is 25.0 Å². The normalized spacial score (nSPS) is 14.8. The predicted octanol–water partition coefficient (Wildman–Crippen LogP) is 2.73. The Morgan fingerprint density at radius 3 is 2.60 bits per heavy atom. The largest absolute Gasteiger partial charge is 0.505 e. The van der Waals surface area contributed by atoms with Crippen LogP contribution in [-0.2, 0) is 0 Å². The topological polar surface area (TPSA) is 83.0 Å². The summed E-state index contributed by atoms with van der Waals surface area (Å²) in [5.41, 5.74) is 3.80. The van der Waals surface area contributed by atoms with Crippen LogP contribution in [-0.4, -0.2) is 32.6 Å². The van der Waals surface area contributed by atoms with Crippen LogP contribution in [0.25, 0.3) is 5.57 Å². The minimum absolute atomic E-state index is 0.240. The third-order valence-corrected chi connectivity index (χ3v) is 2.79. The van der Waals surface area contributed by atoms with Crippen molar-refractivity contribution in [3.05, 3.63) is 17.3 Å². The summed E-state index contributed by atoms with van der Waals surface area (Å²) in [6, 6.07) is 0.240. The highest BCUT2D eigenvalue weighted by molar-refractivity contribution is 5.62. The first-order valence-corrected chi connectivity index (χ1v) is 7.03. The zero-order valence-corrected chi connectivity index (χ0v) is 12.2. The van der Waals surface area contributed by atoms with Crippen molar-refractivity contribution in [3.63, 3.8) is 0 Å². The number of aliphatic hydroxyl groups is 1. The number of hydrogen-bond donors (Lipinski definition) is 3. The Morgan fingerprint density at radius 1 is 1.20 bits per heavy atom. The first kappa shape index (κ1) is 14.3. The van der Waals surface area contributed by atoms with Crippen LogP contribution in [0.15, 0.2) is 11.5 Å². The van der Waals surface area contributed by atoms with Gasteiger partial charge in [0.2, 0.25) is 11.9 Å². The van der Waals surface area contributed by atoms with Crippen LogP contribution in [0.2, 0.25) is 0 Å². The number of nitrogens with one attached hydrogen (secondary N) is 2. The first-order chi connectivity index (χ1) is 9.58. The molecule has 0 spiro atoms. The van der Waals surface area contributed by atoms with E-state index in [4.69, 9.17) is 0 Å². The molecule has 1 aliphatic rings. The van der Waals surface area contributed by atoms with Crippen LogP contribution in [0.3, 0.4) is 0 Å². The van der Waals surface area contributed by atoms with Crippen molar-refractivity contribution >= 4 is 17.5 Å². The second kappa shape index (κ2) is 6.39. The summed E-state index contributed by atoms with van der Waals surface area (Å²) < 4.78 is 0. The summed E-state index contributed by atoms with van der Waals surface area (Å²) in [7, 11) is 0. The minimum atomic E-state index is 0.240. The molecule has 1 heterocycles. The average molecular weight is 275 g/mol. The second-order valence-electron chi connectivity index (χ2n) is 5.04.